The van der Waals surface area contributed by atoms with Crippen LogP contribution in [0, 0.1) is 13.8 Å². The number of hydrogen-bond donors (Lipinski definition) is 2. The lowest BCUT2D eigenvalue weighted by atomic mass is 9.95. The number of ether oxygens (including phenoxy) is 1. The van der Waals surface area contributed by atoms with Crippen molar-refractivity contribution >= 4 is 23.2 Å². The molecule has 0 fully saturated rings. The van der Waals surface area contributed by atoms with Gasteiger partial charge in [-0.15, -0.1) is 0 Å². The van der Waals surface area contributed by atoms with Crippen LogP contribution in [0.1, 0.15) is 41.8 Å². The number of halogens is 1. The summed E-state index contributed by atoms with van der Waals surface area (Å²) in [4.78, 5) is 12.4. The van der Waals surface area contributed by atoms with Crippen molar-refractivity contribution in [2.24, 2.45) is 0 Å². The molecule has 0 saturated carbocycles. The summed E-state index contributed by atoms with van der Waals surface area (Å²) in [7, 11) is 0. The fraction of sp³-hybridized carbons (Fsp3) is 0.412. The van der Waals surface area contributed by atoms with Crippen molar-refractivity contribution in [2.75, 3.05) is 11.9 Å². The van der Waals surface area contributed by atoms with Gasteiger partial charge in [0.15, 0.2) is 0 Å². The smallest absolute Gasteiger partial charge is 0.225 e. The van der Waals surface area contributed by atoms with Crippen LogP contribution in [-0.2, 0) is 11.2 Å². The Labute approximate surface area is 140 Å². The summed E-state index contributed by atoms with van der Waals surface area (Å²) in [5.41, 5.74) is 4.75. The number of carbonyl (C=O) groups is 1. The number of nitrogens with zero attached hydrogens (tertiary/aromatic N) is 1. The van der Waals surface area contributed by atoms with E-state index < -0.39 is 0 Å². The van der Waals surface area contributed by atoms with Gasteiger partial charge in [0.05, 0.1) is 18.0 Å². The number of carbonyl (C=O) groups excluding carboxylic acids is 1. The largest absolute Gasteiger partial charge is 0.491 e. The molecule has 3 rings (SSSR count). The van der Waals surface area contributed by atoms with Crippen LogP contribution < -0.4 is 10.1 Å². The van der Waals surface area contributed by atoms with Crippen molar-refractivity contribution in [3.05, 3.63) is 39.7 Å². The zero-order chi connectivity index (χ0) is 16.6. The number of benzene rings is 1. The monoisotopic (exact) mass is 333 g/mol. The Morgan fingerprint density at radius 3 is 2.96 bits per heavy atom. The van der Waals surface area contributed by atoms with E-state index in [1.165, 1.54) is 0 Å². The van der Waals surface area contributed by atoms with Crippen LogP contribution in [0.3, 0.4) is 0 Å². The normalized spacial score (nSPS) is 14.3. The first kappa shape index (κ1) is 15.9. The van der Waals surface area contributed by atoms with Gasteiger partial charge in [-0.2, -0.15) is 5.10 Å². The Kier molecular flexibility index (Phi) is 4.31. The van der Waals surface area contributed by atoms with Gasteiger partial charge in [-0.3, -0.25) is 9.89 Å². The molecule has 1 aliphatic heterocycles. The third-order valence-electron chi connectivity index (χ3n) is 4.19. The number of aromatic amines is 1. The van der Waals surface area contributed by atoms with Gasteiger partial charge in [0.2, 0.25) is 5.91 Å². The second-order valence-corrected chi connectivity index (χ2v) is 6.48. The molecule has 1 aromatic carbocycles. The van der Waals surface area contributed by atoms with Crippen molar-refractivity contribution < 1.29 is 9.53 Å². The maximum atomic E-state index is 12.4. The molecule has 2 N–H and O–H groups in total. The summed E-state index contributed by atoms with van der Waals surface area (Å²) >= 11 is 6.12. The molecule has 2 heterocycles. The lowest BCUT2D eigenvalue weighted by Gasteiger charge is -2.14. The zero-order valence-electron chi connectivity index (χ0n) is 13.5. The van der Waals surface area contributed by atoms with E-state index in [1.54, 1.807) is 6.07 Å². The fourth-order valence-corrected chi connectivity index (χ4v) is 3.47. The van der Waals surface area contributed by atoms with Crippen LogP contribution in [0.25, 0.3) is 0 Å². The van der Waals surface area contributed by atoms with E-state index in [0.717, 1.165) is 34.7 Å². The van der Waals surface area contributed by atoms with E-state index in [-0.39, 0.29) is 11.8 Å². The Bertz CT molecular complexity index is 735. The minimum Gasteiger partial charge on any atom is -0.491 e. The lowest BCUT2D eigenvalue weighted by molar-refractivity contribution is -0.116. The maximum absolute atomic E-state index is 12.4. The Morgan fingerprint density at radius 1 is 1.48 bits per heavy atom. The third kappa shape index (κ3) is 3.20. The van der Waals surface area contributed by atoms with Crippen molar-refractivity contribution in [1.29, 1.82) is 0 Å². The van der Waals surface area contributed by atoms with Gasteiger partial charge in [-0.25, -0.2) is 0 Å². The number of nitrogens with one attached hydrogen (secondary N) is 2. The van der Waals surface area contributed by atoms with Gasteiger partial charge in [0.1, 0.15) is 5.75 Å². The Balaban J connectivity index is 1.73. The number of H-pyrrole nitrogens is 1. The molecule has 5 nitrogen and oxygen atoms in total. The van der Waals surface area contributed by atoms with Crippen LogP contribution in [0.5, 0.6) is 5.75 Å². The van der Waals surface area contributed by atoms with Gasteiger partial charge >= 0.3 is 0 Å². The quantitative estimate of drug-likeness (QED) is 0.895. The molecule has 1 aliphatic rings. The zero-order valence-corrected chi connectivity index (χ0v) is 14.3. The minimum absolute atomic E-state index is 0.0579. The molecular weight excluding hydrogens is 314 g/mol. The van der Waals surface area contributed by atoms with E-state index in [1.807, 2.05) is 26.8 Å². The van der Waals surface area contributed by atoms with Gasteiger partial charge < -0.3 is 10.1 Å². The third-order valence-corrected chi connectivity index (χ3v) is 4.41. The number of aryl methyl sites for hydroxylation is 2. The molecule has 1 aromatic heterocycles. The van der Waals surface area contributed by atoms with Crippen molar-refractivity contribution in [2.45, 2.75) is 39.5 Å². The van der Waals surface area contributed by atoms with Crippen LogP contribution in [0.4, 0.5) is 5.69 Å². The van der Waals surface area contributed by atoms with Crippen LogP contribution in [0.2, 0.25) is 5.02 Å². The average molecular weight is 334 g/mol. The van der Waals surface area contributed by atoms with E-state index in [0.29, 0.717) is 23.7 Å². The molecule has 2 aromatic rings. The Morgan fingerprint density at radius 2 is 2.26 bits per heavy atom. The van der Waals surface area contributed by atoms with Gasteiger partial charge in [0.25, 0.3) is 0 Å². The van der Waals surface area contributed by atoms with Gasteiger partial charge in [-0.05, 0) is 37.5 Å². The van der Waals surface area contributed by atoms with Crippen LogP contribution >= 0.6 is 11.6 Å². The van der Waals surface area contributed by atoms with Crippen molar-refractivity contribution in [3.8, 4) is 5.75 Å². The van der Waals surface area contributed by atoms with Crippen molar-refractivity contribution in [1.82, 2.24) is 10.2 Å². The molecule has 1 atom stereocenters. The summed E-state index contributed by atoms with van der Waals surface area (Å²) in [5.74, 6) is 0.769. The topological polar surface area (TPSA) is 67.0 Å². The second kappa shape index (κ2) is 6.24. The second-order valence-electron chi connectivity index (χ2n) is 6.04. The number of hydrogen-bond acceptors (Lipinski definition) is 3. The number of anilines is 1. The summed E-state index contributed by atoms with van der Waals surface area (Å²) in [5, 5.41) is 10.7. The highest BCUT2D eigenvalue weighted by Crippen LogP contribution is 2.37. The molecule has 0 spiro atoms. The van der Waals surface area contributed by atoms with E-state index in [9.17, 15) is 4.79 Å². The standard InChI is InChI=1S/C17H20ClN3O2/c1-9(16-10(2)20-21-11(16)3)6-15(22)19-14-8-13(18)7-12-4-5-23-17(12)14/h7-9H,4-6H2,1-3H3,(H,19,22)(H,20,21). The predicted octanol–water partition coefficient (Wildman–Crippen LogP) is 3.75. The van der Waals surface area contributed by atoms with E-state index in [2.05, 4.69) is 15.5 Å². The van der Waals surface area contributed by atoms with E-state index in [4.69, 9.17) is 16.3 Å². The number of fused-ring (bicyclic) bond motifs is 1. The highest BCUT2D eigenvalue weighted by atomic mass is 35.5. The SMILES string of the molecule is Cc1n[nH]c(C)c1C(C)CC(=O)Nc1cc(Cl)cc2c1OCC2. The summed E-state index contributed by atoms with van der Waals surface area (Å²) < 4.78 is 5.61. The maximum Gasteiger partial charge on any atom is 0.225 e. The molecule has 1 amide bonds. The van der Waals surface area contributed by atoms with Gasteiger partial charge in [-0.1, -0.05) is 18.5 Å². The predicted molar refractivity (Wildman–Crippen MR) is 90.4 cm³/mol. The molecule has 0 saturated heterocycles. The Hall–Kier alpha value is -2.01. The molecule has 0 radical (unpaired) electrons. The highest BCUT2D eigenvalue weighted by molar-refractivity contribution is 6.31. The van der Waals surface area contributed by atoms with Crippen LogP contribution in [-0.4, -0.2) is 22.7 Å². The molecular formula is C17H20ClN3O2. The van der Waals surface area contributed by atoms with Crippen LogP contribution in [0.15, 0.2) is 12.1 Å². The van der Waals surface area contributed by atoms with E-state index >= 15 is 0 Å². The first-order valence-electron chi connectivity index (χ1n) is 7.72. The van der Waals surface area contributed by atoms with Crippen molar-refractivity contribution in [3.63, 3.8) is 0 Å². The number of aromatic nitrogens is 2. The first-order chi connectivity index (χ1) is 11.0. The summed E-state index contributed by atoms with van der Waals surface area (Å²) in [6.07, 6.45) is 1.20. The molecule has 23 heavy (non-hydrogen) atoms. The molecule has 6 heteroatoms. The lowest BCUT2D eigenvalue weighted by Crippen LogP contribution is -2.15. The first-order valence-corrected chi connectivity index (χ1v) is 8.10. The summed E-state index contributed by atoms with van der Waals surface area (Å²) in [6, 6.07) is 3.63. The fourth-order valence-electron chi connectivity index (χ4n) is 3.23. The number of amides is 1. The summed E-state index contributed by atoms with van der Waals surface area (Å²) in [6.45, 7) is 6.58. The molecule has 122 valence electrons. The number of rotatable bonds is 4. The van der Waals surface area contributed by atoms with Gasteiger partial charge in [0, 0.05) is 29.1 Å². The minimum atomic E-state index is -0.0579. The molecule has 0 bridgehead atoms. The molecule has 1 unspecified atom stereocenters. The highest BCUT2D eigenvalue weighted by Gasteiger charge is 2.21. The average Bonchev–Trinajstić information content (AvgIpc) is 3.05. The molecule has 0 aliphatic carbocycles.